The first-order valence-corrected chi connectivity index (χ1v) is 14.5. The Morgan fingerprint density at radius 1 is 0.903 bits per heavy atom. The highest BCUT2D eigenvalue weighted by Gasteiger charge is 2.67. The molecule has 2 amide bonds. The first kappa shape index (κ1) is 21.9. The molecule has 0 N–H and O–H groups in total. The van der Waals surface area contributed by atoms with Crippen LogP contribution in [0, 0.1) is 35.5 Å². The summed E-state index contributed by atoms with van der Waals surface area (Å²) in [5, 5.41) is 0. The fraction of sp³-hybridized carbons (Fsp3) is 0.917. The van der Waals surface area contributed by atoms with Crippen molar-refractivity contribution in [2.24, 2.45) is 39.9 Å². The van der Waals surface area contributed by atoms with Crippen molar-refractivity contribution in [3.05, 3.63) is 0 Å². The third-order valence-corrected chi connectivity index (χ3v) is 11.1. The largest absolute Gasteiger partial charge is 0.341 e. The lowest BCUT2D eigenvalue weighted by Gasteiger charge is -2.34. The van der Waals surface area contributed by atoms with Gasteiger partial charge in [-0.05, 0) is 81.2 Å². The zero-order valence-corrected chi connectivity index (χ0v) is 20.0. The molecule has 31 heavy (non-hydrogen) atoms. The molecule has 0 aromatic carbocycles. The van der Waals surface area contributed by atoms with Crippen LogP contribution in [0.1, 0.15) is 58.8 Å². The number of hydrogen-bond donors (Lipinski definition) is 0. The maximum Gasteiger partial charge on any atom is 0.271 e. The van der Waals surface area contributed by atoms with Crippen LogP contribution in [0.25, 0.3) is 0 Å². The van der Waals surface area contributed by atoms with Crippen LogP contribution < -0.4 is 0 Å². The molecule has 2 bridgehead atoms. The number of carbonyl (C=O) groups is 2. The Bertz CT molecular complexity index is 827. The fourth-order valence-electron chi connectivity index (χ4n) is 7.40. The molecule has 6 nitrogen and oxygen atoms in total. The number of piperidine rings is 1. The summed E-state index contributed by atoms with van der Waals surface area (Å²) in [6.07, 6.45) is 8.13. The van der Waals surface area contributed by atoms with Crippen LogP contribution >= 0.6 is 0 Å². The second-order valence-corrected chi connectivity index (χ2v) is 13.6. The molecule has 3 saturated carbocycles. The lowest BCUT2D eigenvalue weighted by molar-refractivity contribution is -0.133. The van der Waals surface area contributed by atoms with E-state index in [0.717, 1.165) is 37.8 Å². The van der Waals surface area contributed by atoms with Gasteiger partial charge in [0.2, 0.25) is 5.91 Å². The molecule has 0 radical (unpaired) electrons. The Morgan fingerprint density at radius 2 is 1.58 bits per heavy atom. The standard InChI is InChI=1S/C24H39N3O3S/c1-16(2)22(26-9-4-3-5-10-26)23(28)25-31(30)13-6-11-27(12-14-31)24(29)21-19-17-7-8-18(15-17)20(19)21/h16-22H,3-15H2,1-2H3/t17-,18+,19+,20-,21?,22?,31?. The van der Waals surface area contributed by atoms with E-state index >= 15 is 0 Å². The molecule has 0 aromatic heterocycles. The van der Waals surface area contributed by atoms with Gasteiger partial charge in [0.25, 0.3) is 5.91 Å². The number of hydrogen-bond acceptors (Lipinski definition) is 4. The Kier molecular flexibility index (Phi) is 5.95. The van der Waals surface area contributed by atoms with Gasteiger partial charge >= 0.3 is 0 Å². The third-order valence-electron chi connectivity index (χ3n) is 8.83. The number of amides is 2. The van der Waals surface area contributed by atoms with Crippen molar-refractivity contribution in [1.82, 2.24) is 9.80 Å². The summed E-state index contributed by atoms with van der Waals surface area (Å²) in [5.41, 5.74) is 0. The van der Waals surface area contributed by atoms with Crippen LogP contribution in [0.15, 0.2) is 4.36 Å². The molecule has 0 spiro atoms. The molecule has 2 heterocycles. The highest BCUT2D eigenvalue weighted by atomic mass is 32.2. The summed E-state index contributed by atoms with van der Waals surface area (Å²) < 4.78 is 17.9. The van der Waals surface area contributed by atoms with Gasteiger partial charge < -0.3 is 4.90 Å². The van der Waals surface area contributed by atoms with E-state index in [9.17, 15) is 13.8 Å². The first-order chi connectivity index (χ1) is 14.9. The van der Waals surface area contributed by atoms with Crippen molar-refractivity contribution in [1.29, 1.82) is 0 Å². The second-order valence-electron chi connectivity index (χ2n) is 11.1. The number of nitrogens with zero attached hydrogens (tertiary/aromatic N) is 3. The van der Waals surface area contributed by atoms with Gasteiger partial charge in [0.1, 0.15) is 0 Å². The lowest BCUT2D eigenvalue weighted by atomic mass is 9.99. The van der Waals surface area contributed by atoms with Gasteiger partial charge in [-0.15, -0.1) is 0 Å². The average Bonchev–Trinajstić information content (AvgIpc) is 3.25. The van der Waals surface area contributed by atoms with Gasteiger partial charge in [-0.2, -0.15) is 4.36 Å². The molecule has 3 unspecified atom stereocenters. The molecular formula is C24H39N3O3S. The van der Waals surface area contributed by atoms with Crippen LogP contribution in [0.3, 0.4) is 0 Å². The summed E-state index contributed by atoms with van der Waals surface area (Å²) in [4.78, 5) is 30.6. The minimum Gasteiger partial charge on any atom is -0.341 e. The number of carbonyl (C=O) groups excluding carboxylic acids is 2. The molecule has 2 saturated heterocycles. The minimum atomic E-state index is -2.59. The van der Waals surface area contributed by atoms with Gasteiger partial charge in [-0.3, -0.25) is 14.5 Å². The monoisotopic (exact) mass is 449 g/mol. The molecule has 7 atom stereocenters. The van der Waals surface area contributed by atoms with Gasteiger partial charge in [0.15, 0.2) is 0 Å². The van der Waals surface area contributed by atoms with Crippen LogP contribution in [-0.2, 0) is 19.3 Å². The van der Waals surface area contributed by atoms with Crippen molar-refractivity contribution in [3.8, 4) is 0 Å². The van der Waals surface area contributed by atoms with Gasteiger partial charge in [0, 0.05) is 30.5 Å². The Hall–Kier alpha value is -0.950. The van der Waals surface area contributed by atoms with Crippen molar-refractivity contribution < 1.29 is 13.8 Å². The maximum atomic E-state index is 13.6. The molecule has 5 rings (SSSR count). The number of likely N-dealkylation sites (tertiary alicyclic amines) is 1. The molecule has 174 valence electrons. The SMILES string of the molecule is CC(C)C(C(=O)N=S1(=O)CCCN(C(=O)C2[C@@H]3[C@H]4CC[C@H](C4)[C@H]23)CC1)N1CCCCC1. The predicted octanol–water partition coefficient (Wildman–Crippen LogP) is 3.02. The summed E-state index contributed by atoms with van der Waals surface area (Å²) in [7, 11) is -2.59. The predicted molar refractivity (Wildman–Crippen MR) is 122 cm³/mol. The number of fused-ring (bicyclic) bond motifs is 5. The number of rotatable bonds is 4. The van der Waals surface area contributed by atoms with E-state index in [4.69, 9.17) is 0 Å². The van der Waals surface area contributed by atoms with Gasteiger partial charge in [-0.1, -0.05) is 20.3 Å². The van der Waals surface area contributed by atoms with Crippen LogP contribution in [0.2, 0.25) is 0 Å². The van der Waals surface area contributed by atoms with E-state index in [1.165, 1.54) is 25.7 Å². The zero-order valence-electron chi connectivity index (χ0n) is 19.2. The third kappa shape index (κ3) is 4.09. The Balaban J connectivity index is 1.24. The molecule has 5 fully saturated rings. The average molecular weight is 450 g/mol. The van der Waals surface area contributed by atoms with E-state index < -0.39 is 9.73 Å². The summed E-state index contributed by atoms with van der Waals surface area (Å²) in [6, 6.07) is -0.263. The maximum absolute atomic E-state index is 13.6. The topological polar surface area (TPSA) is 70.0 Å². The van der Waals surface area contributed by atoms with E-state index in [-0.39, 0.29) is 23.8 Å². The summed E-state index contributed by atoms with van der Waals surface area (Å²) in [5.74, 6) is 4.15. The Morgan fingerprint density at radius 3 is 2.23 bits per heavy atom. The molecule has 0 aromatic rings. The van der Waals surface area contributed by atoms with Crippen LogP contribution in [0.5, 0.6) is 0 Å². The molecule has 3 aliphatic carbocycles. The van der Waals surface area contributed by atoms with Crippen LogP contribution in [-0.4, -0.2) is 69.5 Å². The molecule has 2 aliphatic heterocycles. The fourth-order valence-corrected chi connectivity index (χ4v) is 9.31. The first-order valence-electron chi connectivity index (χ1n) is 12.7. The molecule has 5 aliphatic rings. The zero-order chi connectivity index (χ0) is 21.8. The quantitative estimate of drug-likeness (QED) is 0.662. The second kappa shape index (κ2) is 8.44. The van der Waals surface area contributed by atoms with Crippen molar-refractivity contribution >= 4 is 21.5 Å². The summed E-state index contributed by atoms with van der Waals surface area (Å²) in [6.45, 7) is 7.15. The van der Waals surface area contributed by atoms with E-state index in [0.29, 0.717) is 48.8 Å². The molecular weight excluding hydrogens is 410 g/mol. The smallest absolute Gasteiger partial charge is 0.271 e. The van der Waals surface area contributed by atoms with Crippen molar-refractivity contribution in [2.75, 3.05) is 37.7 Å². The lowest BCUT2D eigenvalue weighted by Crippen LogP contribution is -2.47. The van der Waals surface area contributed by atoms with E-state index in [1.807, 2.05) is 4.90 Å². The van der Waals surface area contributed by atoms with Crippen LogP contribution in [0.4, 0.5) is 0 Å². The Labute approximate surface area is 187 Å². The highest BCUT2D eigenvalue weighted by molar-refractivity contribution is 7.93. The van der Waals surface area contributed by atoms with E-state index in [2.05, 4.69) is 23.1 Å². The van der Waals surface area contributed by atoms with Gasteiger partial charge in [-0.25, -0.2) is 4.21 Å². The summed E-state index contributed by atoms with van der Waals surface area (Å²) >= 11 is 0. The van der Waals surface area contributed by atoms with Crippen molar-refractivity contribution in [2.45, 2.75) is 64.8 Å². The van der Waals surface area contributed by atoms with Gasteiger partial charge in [0.05, 0.1) is 15.8 Å². The highest BCUT2D eigenvalue weighted by Crippen LogP contribution is 2.69. The molecule has 7 heteroatoms. The normalized spacial score (nSPS) is 41.0. The van der Waals surface area contributed by atoms with Crippen molar-refractivity contribution in [3.63, 3.8) is 0 Å². The van der Waals surface area contributed by atoms with E-state index in [1.54, 1.807) is 0 Å². The minimum absolute atomic E-state index is 0.158.